The van der Waals surface area contributed by atoms with Crippen LogP contribution in [0, 0.1) is 29.0 Å². The SMILES string of the molecule is O=C(CCCSCCN1C(=O)CC[C@@H]1/C=C/[C@@H](O)Cc1ccc(F)cc1)OCCOC(=O)C12CC3CC(CC(C3)C1)C2. The summed E-state index contributed by atoms with van der Waals surface area (Å²) in [7, 11) is 0. The molecule has 6 rings (SSSR count). The molecule has 42 heavy (non-hydrogen) atoms. The van der Waals surface area contributed by atoms with E-state index < -0.39 is 6.10 Å². The zero-order valence-electron chi connectivity index (χ0n) is 24.4. The molecule has 4 aliphatic carbocycles. The highest BCUT2D eigenvalue weighted by atomic mass is 32.2. The summed E-state index contributed by atoms with van der Waals surface area (Å²) < 4.78 is 24.0. The molecule has 7 nitrogen and oxygen atoms in total. The average Bonchev–Trinajstić information content (AvgIpc) is 3.31. The zero-order chi connectivity index (χ0) is 29.5. The van der Waals surface area contributed by atoms with E-state index in [0.29, 0.717) is 50.0 Å². The highest BCUT2D eigenvalue weighted by Gasteiger charge is 2.55. The van der Waals surface area contributed by atoms with Crippen molar-refractivity contribution in [2.75, 3.05) is 31.3 Å². The number of hydrogen-bond donors (Lipinski definition) is 1. The summed E-state index contributed by atoms with van der Waals surface area (Å²) in [4.78, 5) is 39.2. The van der Waals surface area contributed by atoms with E-state index in [9.17, 15) is 23.9 Å². The number of hydrogen-bond acceptors (Lipinski definition) is 7. The molecule has 1 heterocycles. The molecule has 0 radical (unpaired) electrons. The number of esters is 2. The number of halogens is 1. The van der Waals surface area contributed by atoms with Crippen molar-refractivity contribution in [3.05, 3.63) is 47.8 Å². The summed E-state index contributed by atoms with van der Waals surface area (Å²) in [5, 5.41) is 10.3. The fraction of sp³-hybridized carbons (Fsp3) is 0.667. The molecule has 1 amide bonds. The topological polar surface area (TPSA) is 93.1 Å². The minimum Gasteiger partial charge on any atom is -0.462 e. The monoisotopic (exact) mass is 601 g/mol. The molecule has 5 aliphatic rings. The number of aliphatic hydroxyl groups excluding tert-OH is 1. The molecule has 2 atom stereocenters. The van der Waals surface area contributed by atoms with Gasteiger partial charge in [-0.25, -0.2) is 4.39 Å². The molecule has 4 saturated carbocycles. The molecule has 4 bridgehead atoms. The van der Waals surface area contributed by atoms with Crippen LogP contribution in [-0.2, 0) is 30.3 Å². The molecule has 9 heteroatoms. The van der Waals surface area contributed by atoms with Crippen LogP contribution in [-0.4, -0.2) is 71.3 Å². The average molecular weight is 602 g/mol. The van der Waals surface area contributed by atoms with Gasteiger partial charge in [0.15, 0.2) is 0 Å². The normalized spacial score (nSPS) is 28.9. The molecule has 0 aromatic heterocycles. The standard InChI is InChI=1S/C33H44FNO6S/c34-27-5-3-23(4-6-27)19-29(36)9-7-28-8-10-30(37)35(28)11-15-42-14-1-2-31(38)40-12-13-41-32(39)33-20-24-16-25(21-33)18-26(17-24)22-33/h3-7,9,24-26,28-29,36H,1-2,8,10-22H2/b9-7+/t24?,25?,26?,28-,29+,33?/m0/s1. The third-order valence-electron chi connectivity index (χ3n) is 9.49. The molecule has 1 aromatic rings. The van der Waals surface area contributed by atoms with E-state index >= 15 is 0 Å². The van der Waals surface area contributed by atoms with E-state index in [0.717, 1.165) is 42.8 Å². The predicted octanol–water partition coefficient (Wildman–Crippen LogP) is 5.09. The Bertz CT molecular complexity index is 1090. The minimum absolute atomic E-state index is 0.0343. The third-order valence-corrected chi connectivity index (χ3v) is 10.5. The third kappa shape index (κ3) is 8.16. The first-order valence-electron chi connectivity index (χ1n) is 15.6. The maximum Gasteiger partial charge on any atom is 0.312 e. The smallest absolute Gasteiger partial charge is 0.312 e. The van der Waals surface area contributed by atoms with Crippen LogP contribution >= 0.6 is 11.8 Å². The molecule has 5 fully saturated rings. The molecule has 1 N–H and O–H groups in total. The van der Waals surface area contributed by atoms with Crippen LogP contribution in [0.4, 0.5) is 4.39 Å². The number of carbonyl (C=O) groups excluding carboxylic acids is 3. The Balaban J connectivity index is 0.909. The van der Waals surface area contributed by atoms with Gasteiger partial charge in [0.2, 0.25) is 5.91 Å². The number of amides is 1. The van der Waals surface area contributed by atoms with Crippen molar-refractivity contribution in [2.24, 2.45) is 23.2 Å². The second kappa shape index (κ2) is 14.4. The number of aliphatic hydroxyl groups is 1. The second-order valence-electron chi connectivity index (χ2n) is 12.7. The van der Waals surface area contributed by atoms with Gasteiger partial charge >= 0.3 is 11.9 Å². The number of ether oxygens (including phenoxy) is 2. The lowest BCUT2D eigenvalue weighted by Crippen LogP contribution is -2.50. The van der Waals surface area contributed by atoms with Crippen molar-refractivity contribution in [3.8, 4) is 0 Å². The van der Waals surface area contributed by atoms with E-state index in [1.54, 1.807) is 30.0 Å². The zero-order valence-corrected chi connectivity index (χ0v) is 25.2. The number of likely N-dealkylation sites (tertiary alicyclic amines) is 1. The Morgan fingerprint density at radius 2 is 1.71 bits per heavy atom. The lowest BCUT2D eigenvalue weighted by atomic mass is 9.49. The van der Waals surface area contributed by atoms with Crippen molar-refractivity contribution < 1.29 is 33.4 Å². The lowest BCUT2D eigenvalue weighted by Gasteiger charge is -2.55. The van der Waals surface area contributed by atoms with Gasteiger partial charge in [-0.05, 0) is 92.6 Å². The van der Waals surface area contributed by atoms with Crippen LogP contribution in [0.3, 0.4) is 0 Å². The second-order valence-corrected chi connectivity index (χ2v) is 14.0. The molecule has 0 unspecified atom stereocenters. The van der Waals surface area contributed by atoms with Crippen LogP contribution in [0.2, 0.25) is 0 Å². The van der Waals surface area contributed by atoms with Crippen molar-refractivity contribution in [1.82, 2.24) is 4.90 Å². The van der Waals surface area contributed by atoms with Gasteiger partial charge in [0.25, 0.3) is 0 Å². The van der Waals surface area contributed by atoms with Gasteiger partial charge in [-0.3, -0.25) is 14.4 Å². The summed E-state index contributed by atoms with van der Waals surface area (Å²) in [6.45, 7) is 0.852. The van der Waals surface area contributed by atoms with E-state index in [4.69, 9.17) is 9.47 Å². The summed E-state index contributed by atoms with van der Waals surface area (Å²) in [6, 6.07) is 6.05. The fourth-order valence-electron chi connectivity index (χ4n) is 7.89. The summed E-state index contributed by atoms with van der Waals surface area (Å²) in [5.41, 5.74) is 0.572. The Hall–Kier alpha value is -2.39. The van der Waals surface area contributed by atoms with Crippen molar-refractivity contribution in [3.63, 3.8) is 0 Å². The van der Waals surface area contributed by atoms with E-state index in [1.807, 2.05) is 11.0 Å². The maximum absolute atomic E-state index is 13.1. The Morgan fingerprint density at radius 3 is 2.40 bits per heavy atom. The largest absolute Gasteiger partial charge is 0.462 e. The van der Waals surface area contributed by atoms with Crippen molar-refractivity contribution in [1.29, 1.82) is 0 Å². The Kier molecular flexibility index (Phi) is 10.6. The van der Waals surface area contributed by atoms with Gasteiger partial charge < -0.3 is 19.5 Å². The lowest BCUT2D eigenvalue weighted by molar-refractivity contribution is -0.174. The molecular weight excluding hydrogens is 557 g/mol. The Morgan fingerprint density at radius 1 is 1.05 bits per heavy atom. The number of carbonyl (C=O) groups is 3. The molecule has 1 saturated heterocycles. The number of thioether (sulfide) groups is 1. The molecule has 1 aromatic carbocycles. The molecule has 1 aliphatic heterocycles. The minimum atomic E-state index is -0.698. The van der Waals surface area contributed by atoms with Crippen LogP contribution < -0.4 is 0 Å². The van der Waals surface area contributed by atoms with Crippen LogP contribution in [0.1, 0.15) is 69.8 Å². The van der Waals surface area contributed by atoms with E-state index in [2.05, 4.69) is 0 Å². The predicted molar refractivity (Wildman–Crippen MR) is 159 cm³/mol. The number of benzene rings is 1. The first-order chi connectivity index (χ1) is 20.3. The van der Waals surface area contributed by atoms with Gasteiger partial charge in [0.05, 0.1) is 17.6 Å². The van der Waals surface area contributed by atoms with Crippen molar-refractivity contribution >= 4 is 29.6 Å². The van der Waals surface area contributed by atoms with Crippen LogP contribution in [0.15, 0.2) is 36.4 Å². The number of nitrogens with zero attached hydrogens (tertiary/aromatic N) is 1. The van der Waals surface area contributed by atoms with E-state index in [1.165, 1.54) is 31.4 Å². The van der Waals surface area contributed by atoms with Crippen molar-refractivity contribution in [2.45, 2.75) is 82.8 Å². The van der Waals surface area contributed by atoms with Crippen LogP contribution in [0.5, 0.6) is 0 Å². The fourth-order valence-corrected chi connectivity index (χ4v) is 8.77. The quantitative estimate of drug-likeness (QED) is 0.170. The van der Waals surface area contributed by atoms with Gasteiger partial charge in [0.1, 0.15) is 19.0 Å². The van der Waals surface area contributed by atoms with Gasteiger partial charge in [0, 0.05) is 31.6 Å². The highest BCUT2D eigenvalue weighted by Crippen LogP contribution is 2.60. The van der Waals surface area contributed by atoms with E-state index in [-0.39, 0.29) is 48.3 Å². The summed E-state index contributed by atoms with van der Waals surface area (Å²) in [6.07, 6.45) is 12.3. The summed E-state index contributed by atoms with van der Waals surface area (Å²) >= 11 is 1.70. The first kappa shape index (κ1) is 31.0. The van der Waals surface area contributed by atoms with Crippen LogP contribution in [0.25, 0.3) is 0 Å². The molecule has 0 spiro atoms. The number of rotatable bonds is 15. The van der Waals surface area contributed by atoms with Gasteiger partial charge in [-0.1, -0.05) is 24.3 Å². The van der Waals surface area contributed by atoms with Gasteiger partial charge in [-0.2, -0.15) is 11.8 Å². The highest BCUT2D eigenvalue weighted by molar-refractivity contribution is 7.99. The molecule has 230 valence electrons. The summed E-state index contributed by atoms with van der Waals surface area (Å²) in [5.74, 6) is 3.07. The Labute approximate surface area is 252 Å². The maximum atomic E-state index is 13.1. The molecular formula is C33H44FNO6S. The first-order valence-corrected chi connectivity index (χ1v) is 16.8. The van der Waals surface area contributed by atoms with Gasteiger partial charge in [-0.15, -0.1) is 0 Å².